The highest BCUT2D eigenvalue weighted by atomic mass is 32.2. The number of benzene rings is 2. The van der Waals surface area contributed by atoms with Crippen molar-refractivity contribution in [2.45, 2.75) is 30.6 Å². The molecule has 1 aliphatic heterocycles. The van der Waals surface area contributed by atoms with E-state index in [4.69, 9.17) is 9.11 Å². The molecule has 3 aromatic rings. The molecule has 2 heterocycles. The van der Waals surface area contributed by atoms with E-state index >= 15 is 0 Å². The molecule has 0 bridgehead atoms. The highest BCUT2D eigenvalue weighted by molar-refractivity contribution is 7.86. The van der Waals surface area contributed by atoms with Crippen LogP contribution in [0, 0.1) is 6.92 Å². The van der Waals surface area contributed by atoms with Crippen LogP contribution in [-0.2, 0) is 25.0 Å². The summed E-state index contributed by atoms with van der Waals surface area (Å²) in [7, 11) is -8.74. The number of hydrogen-bond acceptors (Lipinski definition) is 8. The molecule has 14 heteroatoms. The summed E-state index contributed by atoms with van der Waals surface area (Å²) >= 11 is 0. The summed E-state index contributed by atoms with van der Waals surface area (Å²) < 4.78 is 64.6. The van der Waals surface area contributed by atoms with Crippen LogP contribution in [0.25, 0.3) is 11.3 Å². The van der Waals surface area contributed by atoms with E-state index in [-0.39, 0.29) is 21.2 Å². The molecule has 0 atom stereocenters. The van der Waals surface area contributed by atoms with Crippen LogP contribution >= 0.6 is 0 Å². The zero-order valence-corrected chi connectivity index (χ0v) is 21.9. The van der Waals surface area contributed by atoms with Gasteiger partial charge in [-0.2, -0.15) is 32.0 Å². The van der Waals surface area contributed by atoms with E-state index in [2.05, 4.69) is 10.2 Å². The fraction of sp³-hybridized carbons (Fsp3) is 0.125. The summed E-state index contributed by atoms with van der Waals surface area (Å²) in [5.74, 6) is -0.667. The first-order chi connectivity index (χ1) is 17.7. The number of amides is 1. The van der Waals surface area contributed by atoms with Crippen LogP contribution in [-0.4, -0.2) is 52.4 Å². The summed E-state index contributed by atoms with van der Waals surface area (Å²) in [5, 5.41) is 20.5. The average molecular weight is 559 g/mol. The van der Waals surface area contributed by atoms with Crippen LogP contribution in [0.1, 0.15) is 25.1 Å². The third-order valence-electron chi connectivity index (χ3n) is 5.75. The van der Waals surface area contributed by atoms with Gasteiger partial charge in [0, 0.05) is 0 Å². The van der Waals surface area contributed by atoms with E-state index in [1.54, 1.807) is 32.9 Å². The molecule has 12 nitrogen and oxygen atoms in total. The molecule has 4 rings (SSSR count). The molecule has 0 saturated heterocycles. The Kier molecular flexibility index (Phi) is 6.84. The van der Waals surface area contributed by atoms with Crippen molar-refractivity contribution in [1.29, 1.82) is 0 Å². The second-order valence-electron chi connectivity index (χ2n) is 8.37. The van der Waals surface area contributed by atoms with Crippen molar-refractivity contribution >= 4 is 43.1 Å². The van der Waals surface area contributed by atoms with Crippen LogP contribution in [0.15, 0.2) is 81.1 Å². The molecule has 38 heavy (non-hydrogen) atoms. The van der Waals surface area contributed by atoms with Crippen molar-refractivity contribution in [1.82, 2.24) is 9.78 Å². The second kappa shape index (κ2) is 9.64. The van der Waals surface area contributed by atoms with Gasteiger partial charge < -0.3 is 5.11 Å². The van der Waals surface area contributed by atoms with Gasteiger partial charge >= 0.3 is 0 Å². The average Bonchev–Trinajstić information content (AvgIpc) is 3.30. The molecule has 0 saturated carbocycles. The quantitative estimate of drug-likeness (QED) is 0.303. The largest absolute Gasteiger partial charge is 0.493 e. The lowest BCUT2D eigenvalue weighted by atomic mass is 10.1. The molecule has 0 radical (unpaired) electrons. The Bertz CT molecular complexity index is 1750. The summed E-state index contributed by atoms with van der Waals surface area (Å²) in [5.41, 5.74) is 2.79. The van der Waals surface area contributed by atoms with Gasteiger partial charge in [0.15, 0.2) is 0 Å². The molecular formula is C24H22N4O8S2. The number of aromatic hydroxyl groups is 1. The molecule has 3 N–H and O–H groups in total. The molecule has 0 fully saturated rings. The van der Waals surface area contributed by atoms with E-state index in [9.17, 15) is 26.7 Å². The van der Waals surface area contributed by atoms with Crippen molar-refractivity contribution in [2.24, 2.45) is 5.10 Å². The Labute approximate surface area is 218 Å². The number of nitrogens with zero attached hydrogens (tertiary/aromatic N) is 4. The fourth-order valence-electron chi connectivity index (χ4n) is 3.85. The maximum absolute atomic E-state index is 13.0. The zero-order chi connectivity index (χ0) is 28.0. The molecule has 1 aromatic heterocycles. The molecule has 0 aliphatic carbocycles. The molecule has 0 spiro atoms. The predicted octanol–water partition coefficient (Wildman–Crippen LogP) is 3.13. The first-order valence-corrected chi connectivity index (χ1v) is 13.8. The number of anilines is 1. The zero-order valence-electron chi connectivity index (χ0n) is 20.3. The van der Waals surface area contributed by atoms with E-state index in [0.717, 1.165) is 17.1 Å². The van der Waals surface area contributed by atoms with Crippen molar-refractivity contribution in [2.75, 3.05) is 5.01 Å². The highest BCUT2D eigenvalue weighted by Gasteiger charge is 2.28. The van der Waals surface area contributed by atoms with Gasteiger partial charge in [0.25, 0.3) is 26.1 Å². The van der Waals surface area contributed by atoms with E-state index < -0.39 is 26.1 Å². The molecule has 1 aliphatic rings. The van der Waals surface area contributed by atoms with Gasteiger partial charge in [-0.15, -0.1) is 0 Å². The number of aryl methyl sites for hydroxylation is 1. The molecule has 0 unspecified atom stereocenters. The van der Waals surface area contributed by atoms with Gasteiger partial charge in [-0.3, -0.25) is 13.9 Å². The van der Waals surface area contributed by atoms with E-state index in [0.29, 0.717) is 33.9 Å². The smallest absolute Gasteiger partial charge is 0.294 e. The maximum Gasteiger partial charge on any atom is 0.294 e. The lowest BCUT2D eigenvalue weighted by molar-refractivity contribution is -0.114. The Morgan fingerprint density at radius 2 is 1.37 bits per heavy atom. The monoisotopic (exact) mass is 558 g/mol. The Balaban J connectivity index is 1.61. The Morgan fingerprint density at radius 3 is 1.87 bits per heavy atom. The minimum atomic E-state index is -4.37. The third kappa shape index (κ3) is 5.15. The minimum absolute atomic E-state index is 0.210. The van der Waals surface area contributed by atoms with E-state index in [1.165, 1.54) is 41.1 Å². The summed E-state index contributed by atoms with van der Waals surface area (Å²) in [6.45, 7) is 5.02. The van der Waals surface area contributed by atoms with Crippen LogP contribution in [0.2, 0.25) is 0 Å². The summed E-state index contributed by atoms with van der Waals surface area (Å²) in [4.78, 5) is 12.4. The van der Waals surface area contributed by atoms with Gasteiger partial charge in [-0.1, -0.05) is 6.08 Å². The van der Waals surface area contributed by atoms with Crippen molar-refractivity contribution in [3.63, 3.8) is 0 Å². The van der Waals surface area contributed by atoms with Crippen LogP contribution < -0.4 is 5.01 Å². The summed E-state index contributed by atoms with van der Waals surface area (Å²) in [6, 6.07) is 10.2. The predicted molar refractivity (Wildman–Crippen MR) is 138 cm³/mol. The third-order valence-corrected chi connectivity index (χ3v) is 7.49. The first kappa shape index (κ1) is 26.9. The number of carbonyl (C=O) groups is 1. The molecule has 2 aromatic carbocycles. The Hall–Kier alpha value is -4.11. The standard InChI is InChI=1S/C24H22N4O8S2/c1-14(22-16(3)26-28(24(22)30)18-7-11-20(12-8-18)38(34,35)36)4-13-21-15(2)25-27(23(21)29)17-5-9-19(10-6-17)37(31,32)33/h4-13,30H,1-3H3,(H,31,32,33)(H,34,35,36). The van der Waals surface area contributed by atoms with E-state index in [1.807, 2.05) is 0 Å². The second-order valence-corrected chi connectivity index (χ2v) is 11.2. The number of aromatic nitrogens is 2. The topological polar surface area (TPSA) is 179 Å². The van der Waals surface area contributed by atoms with Gasteiger partial charge in [0.05, 0.1) is 43.7 Å². The lowest BCUT2D eigenvalue weighted by Crippen LogP contribution is -2.21. The number of rotatable bonds is 6. The van der Waals surface area contributed by atoms with Gasteiger partial charge in [-0.05, 0) is 81.0 Å². The fourth-order valence-corrected chi connectivity index (χ4v) is 4.81. The van der Waals surface area contributed by atoms with Crippen molar-refractivity contribution in [3.8, 4) is 11.6 Å². The normalized spacial score (nSPS) is 15.9. The Morgan fingerprint density at radius 1 is 0.868 bits per heavy atom. The maximum atomic E-state index is 13.0. The molecule has 198 valence electrons. The van der Waals surface area contributed by atoms with Crippen molar-refractivity contribution < 1.29 is 35.8 Å². The van der Waals surface area contributed by atoms with Gasteiger partial charge in [0.2, 0.25) is 5.88 Å². The van der Waals surface area contributed by atoms with Gasteiger partial charge in [0.1, 0.15) is 0 Å². The van der Waals surface area contributed by atoms with Crippen molar-refractivity contribution in [3.05, 3.63) is 77.5 Å². The van der Waals surface area contributed by atoms with Crippen LogP contribution in [0.5, 0.6) is 5.88 Å². The number of allylic oxidation sites excluding steroid dienone is 3. The minimum Gasteiger partial charge on any atom is -0.493 e. The van der Waals surface area contributed by atoms with Crippen LogP contribution in [0.3, 0.4) is 0 Å². The van der Waals surface area contributed by atoms with Gasteiger partial charge in [-0.25, -0.2) is 4.68 Å². The summed E-state index contributed by atoms with van der Waals surface area (Å²) in [6.07, 6.45) is 3.16. The molecular weight excluding hydrogens is 536 g/mol. The number of hydrazone groups is 1. The molecule has 1 amide bonds. The first-order valence-electron chi connectivity index (χ1n) is 10.9. The SMILES string of the molecule is CC(=CC=C1C(=O)N(c2ccc(S(=O)(=O)O)cc2)N=C1C)c1c(C)nn(-c2ccc(S(=O)(=O)O)cc2)c1O. The highest BCUT2D eigenvalue weighted by Crippen LogP contribution is 2.32. The lowest BCUT2D eigenvalue weighted by Gasteiger charge is -2.11. The number of hydrogen-bond donors (Lipinski definition) is 3. The number of carbonyl (C=O) groups excluding carboxylic acids is 1. The van der Waals surface area contributed by atoms with Crippen LogP contribution in [0.4, 0.5) is 5.69 Å².